The van der Waals surface area contributed by atoms with Gasteiger partial charge in [0, 0.05) is 17.8 Å². The second-order valence-electron chi connectivity index (χ2n) is 7.83. The summed E-state index contributed by atoms with van der Waals surface area (Å²) in [6.45, 7) is 1.59. The van der Waals surface area contributed by atoms with Crippen molar-refractivity contribution in [2.45, 2.75) is 25.2 Å². The van der Waals surface area contributed by atoms with Gasteiger partial charge in [-0.2, -0.15) is 0 Å². The average molecular weight is 480 g/mol. The topological polar surface area (TPSA) is 108 Å². The number of esters is 1. The number of cyclic esters (lactones) is 1. The first-order chi connectivity index (χ1) is 16.8. The third-order valence-electron chi connectivity index (χ3n) is 5.65. The Morgan fingerprint density at radius 1 is 1.06 bits per heavy atom. The molecule has 9 nitrogen and oxygen atoms in total. The van der Waals surface area contributed by atoms with Gasteiger partial charge in [0.05, 0.1) is 17.6 Å². The van der Waals surface area contributed by atoms with E-state index in [1.165, 1.54) is 60.5 Å². The number of benzene rings is 3. The number of ether oxygens (including phenoxy) is 3. The zero-order chi connectivity index (χ0) is 25.1. The molecule has 180 valence electrons. The molecule has 0 saturated carbocycles. The van der Waals surface area contributed by atoms with Crippen molar-refractivity contribution in [3.8, 4) is 5.75 Å². The Bertz CT molecular complexity index is 1230. The first kappa shape index (κ1) is 23.7. The van der Waals surface area contributed by atoms with E-state index in [4.69, 9.17) is 14.2 Å². The number of nitro groups is 1. The molecule has 0 N–H and O–H groups in total. The summed E-state index contributed by atoms with van der Waals surface area (Å²) in [5.41, 5.74) is 1.05. The molecule has 3 aromatic rings. The quantitative estimate of drug-likeness (QED) is 0.264. The summed E-state index contributed by atoms with van der Waals surface area (Å²) in [4.78, 5) is 37.3. The lowest BCUT2D eigenvalue weighted by molar-refractivity contribution is -0.384. The third-order valence-corrected chi connectivity index (χ3v) is 5.65. The molecule has 0 aromatic heterocycles. The predicted molar refractivity (Wildman–Crippen MR) is 123 cm³/mol. The van der Waals surface area contributed by atoms with Gasteiger partial charge in [0.25, 0.3) is 5.69 Å². The molecule has 0 spiro atoms. The lowest BCUT2D eigenvalue weighted by Gasteiger charge is -2.28. The maximum Gasteiger partial charge on any atom is 0.415 e. The van der Waals surface area contributed by atoms with Gasteiger partial charge < -0.3 is 14.2 Å². The first-order valence-corrected chi connectivity index (χ1v) is 10.6. The lowest BCUT2D eigenvalue weighted by Crippen LogP contribution is -2.36. The van der Waals surface area contributed by atoms with Crippen LogP contribution in [0.1, 0.15) is 28.9 Å². The second kappa shape index (κ2) is 9.80. The SMILES string of the molecule is COc1ccc([C@@H]2[C@@H](C(C)OC(=O)c3ccc([N+](=O)[O-])cc3)OC(=O)N2c2ccc(F)cc2)cc1. The van der Waals surface area contributed by atoms with Crippen molar-refractivity contribution in [2.75, 3.05) is 12.0 Å². The molecule has 3 aromatic carbocycles. The number of anilines is 1. The van der Waals surface area contributed by atoms with Crippen LogP contribution in [0.25, 0.3) is 0 Å². The largest absolute Gasteiger partial charge is 0.497 e. The number of halogens is 1. The van der Waals surface area contributed by atoms with Gasteiger partial charge in [0.15, 0.2) is 6.10 Å². The number of carbonyl (C=O) groups is 2. The van der Waals surface area contributed by atoms with E-state index in [2.05, 4.69) is 0 Å². The van der Waals surface area contributed by atoms with Crippen LogP contribution in [0.2, 0.25) is 0 Å². The molecular formula is C25H21FN2O7. The fraction of sp³-hybridized carbons (Fsp3) is 0.200. The van der Waals surface area contributed by atoms with Crippen LogP contribution in [0.5, 0.6) is 5.75 Å². The Morgan fingerprint density at radius 3 is 2.26 bits per heavy atom. The van der Waals surface area contributed by atoms with Gasteiger partial charge in [-0.05, 0) is 61.0 Å². The standard InChI is InChI=1S/C25H21FN2O7/c1-15(34-24(29)17-3-9-20(10-4-17)28(31)32)23-22(16-5-13-21(33-2)14-6-16)27(25(30)35-23)19-11-7-18(26)8-12-19/h3-15,22-23H,1-2H3/t15?,22-,23-/m1/s1. The molecule has 1 amide bonds. The van der Waals surface area contributed by atoms with E-state index >= 15 is 0 Å². The molecule has 1 aliphatic rings. The number of rotatable bonds is 7. The molecule has 4 rings (SSSR count). The molecule has 0 bridgehead atoms. The Morgan fingerprint density at radius 2 is 1.69 bits per heavy atom. The number of amides is 1. The summed E-state index contributed by atoms with van der Waals surface area (Å²) in [5.74, 6) is -0.567. The Hall–Kier alpha value is -4.47. The van der Waals surface area contributed by atoms with E-state index < -0.39 is 41.1 Å². The third kappa shape index (κ3) is 4.91. The highest BCUT2D eigenvalue weighted by Gasteiger charge is 2.47. The van der Waals surface area contributed by atoms with Gasteiger partial charge in [0.2, 0.25) is 0 Å². The minimum absolute atomic E-state index is 0.114. The summed E-state index contributed by atoms with van der Waals surface area (Å²) in [7, 11) is 1.53. The summed E-state index contributed by atoms with van der Waals surface area (Å²) >= 11 is 0. The second-order valence-corrected chi connectivity index (χ2v) is 7.83. The number of nitrogens with zero attached hydrogens (tertiary/aromatic N) is 2. The van der Waals surface area contributed by atoms with E-state index in [9.17, 15) is 24.1 Å². The molecule has 1 saturated heterocycles. The van der Waals surface area contributed by atoms with Crippen LogP contribution in [0.3, 0.4) is 0 Å². The van der Waals surface area contributed by atoms with Gasteiger partial charge in [0.1, 0.15) is 23.7 Å². The van der Waals surface area contributed by atoms with E-state index in [-0.39, 0.29) is 11.3 Å². The van der Waals surface area contributed by atoms with Crippen LogP contribution in [0, 0.1) is 15.9 Å². The van der Waals surface area contributed by atoms with Crippen LogP contribution < -0.4 is 9.64 Å². The number of hydrogen-bond acceptors (Lipinski definition) is 7. The first-order valence-electron chi connectivity index (χ1n) is 10.6. The number of carbonyl (C=O) groups excluding carboxylic acids is 2. The zero-order valence-electron chi connectivity index (χ0n) is 18.8. The lowest BCUT2D eigenvalue weighted by atomic mass is 9.97. The summed E-state index contributed by atoms with van der Waals surface area (Å²) < 4.78 is 29.9. The number of non-ortho nitro benzene ring substituents is 1. The normalized spacial score (nSPS) is 18.0. The van der Waals surface area contributed by atoms with Crippen molar-refractivity contribution < 1.29 is 33.1 Å². The predicted octanol–water partition coefficient (Wildman–Crippen LogP) is 5.05. The van der Waals surface area contributed by atoms with Crippen molar-refractivity contribution in [2.24, 2.45) is 0 Å². The van der Waals surface area contributed by atoms with Gasteiger partial charge in [-0.3, -0.25) is 15.0 Å². The smallest absolute Gasteiger partial charge is 0.415 e. The van der Waals surface area contributed by atoms with Crippen molar-refractivity contribution in [3.05, 3.63) is 99.9 Å². The van der Waals surface area contributed by atoms with Crippen LogP contribution in [0.4, 0.5) is 20.6 Å². The molecular weight excluding hydrogens is 459 g/mol. The number of nitro benzene ring substituents is 1. The van der Waals surface area contributed by atoms with Crippen molar-refractivity contribution in [1.29, 1.82) is 0 Å². The minimum atomic E-state index is -0.900. The van der Waals surface area contributed by atoms with Crippen LogP contribution in [0.15, 0.2) is 72.8 Å². The molecule has 10 heteroatoms. The molecule has 0 radical (unpaired) electrons. The molecule has 1 unspecified atom stereocenters. The van der Waals surface area contributed by atoms with E-state index in [0.717, 1.165) is 0 Å². The highest BCUT2D eigenvalue weighted by atomic mass is 19.1. The summed E-state index contributed by atoms with van der Waals surface area (Å²) in [5, 5.41) is 10.8. The molecule has 1 heterocycles. The van der Waals surface area contributed by atoms with Gasteiger partial charge in [-0.1, -0.05) is 12.1 Å². The summed E-state index contributed by atoms with van der Waals surface area (Å²) in [6.07, 6.45) is -2.47. The Kier molecular flexibility index (Phi) is 6.63. The molecule has 3 atom stereocenters. The van der Waals surface area contributed by atoms with Crippen molar-refractivity contribution in [1.82, 2.24) is 0 Å². The average Bonchev–Trinajstić information content (AvgIpc) is 3.21. The molecule has 35 heavy (non-hydrogen) atoms. The van der Waals surface area contributed by atoms with Crippen LogP contribution in [-0.2, 0) is 9.47 Å². The number of methoxy groups -OCH3 is 1. The van der Waals surface area contributed by atoms with Gasteiger partial charge in [-0.15, -0.1) is 0 Å². The van der Waals surface area contributed by atoms with E-state index in [0.29, 0.717) is 17.0 Å². The molecule has 1 aliphatic heterocycles. The van der Waals surface area contributed by atoms with Crippen molar-refractivity contribution >= 4 is 23.4 Å². The van der Waals surface area contributed by atoms with E-state index in [1.807, 2.05) is 0 Å². The van der Waals surface area contributed by atoms with Gasteiger partial charge >= 0.3 is 12.1 Å². The maximum absolute atomic E-state index is 13.5. The number of hydrogen-bond donors (Lipinski definition) is 0. The summed E-state index contributed by atoms with van der Waals surface area (Å²) in [6, 6.07) is 16.7. The highest BCUT2D eigenvalue weighted by Crippen LogP contribution is 2.40. The zero-order valence-corrected chi connectivity index (χ0v) is 18.8. The highest BCUT2D eigenvalue weighted by molar-refractivity contribution is 5.92. The van der Waals surface area contributed by atoms with Crippen LogP contribution in [-0.4, -0.2) is 36.3 Å². The van der Waals surface area contributed by atoms with Gasteiger partial charge in [-0.25, -0.2) is 14.0 Å². The fourth-order valence-corrected chi connectivity index (χ4v) is 3.88. The molecule has 1 fully saturated rings. The molecule has 0 aliphatic carbocycles. The fourth-order valence-electron chi connectivity index (χ4n) is 3.88. The van der Waals surface area contributed by atoms with Crippen molar-refractivity contribution in [3.63, 3.8) is 0 Å². The minimum Gasteiger partial charge on any atom is -0.497 e. The monoisotopic (exact) mass is 480 g/mol. The Labute approximate surface area is 199 Å². The Balaban J connectivity index is 1.63. The van der Waals surface area contributed by atoms with E-state index in [1.54, 1.807) is 31.2 Å². The maximum atomic E-state index is 13.5. The van der Waals surface area contributed by atoms with Crippen LogP contribution >= 0.6 is 0 Å².